The van der Waals surface area contributed by atoms with Gasteiger partial charge in [0.15, 0.2) is 0 Å². The molecule has 0 saturated heterocycles. The summed E-state index contributed by atoms with van der Waals surface area (Å²) in [6, 6.07) is 5.23. The summed E-state index contributed by atoms with van der Waals surface area (Å²) in [4.78, 5) is 26.2. The van der Waals surface area contributed by atoms with Gasteiger partial charge in [0.25, 0.3) is 5.91 Å². The van der Waals surface area contributed by atoms with Crippen molar-refractivity contribution in [3.05, 3.63) is 28.8 Å². The van der Waals surface area contributed by atoms with E-state index < -0.39 is 17.9 Å². The number of alkyl carbamates (subject to hydrolysis) is 1. The van der Waals surface area contributed by atoms with Gasteiger partial charge in [-0.1, -0.05) is 17.7 Å². The van der Waals surface area contributed by atoms with Crippen molar-refractivity contribution in [2.75, 3.05) is 24.6 Å². The third kappa shape index (κ3) is 4.99. The number of hydrogen-bond donors (Lipinski definition) is 3. The number of carbonyl (C=O) groups excluding carboxylic acids is 2. The van der Waals surface area contributed by atoms with Crippen LogP contribution < -0.4 is 15.5 Å². The Bertz CT molecular complexity index is 645. The van der Waals surface area contributed by atoms with Crippen LogP contribution in [-0.4, -0.2) is 48.6 Å². The van der Waals surface area contributed by atoms with Gasteiger partial charge in [0.1, 0.15) is 11.8 Å². The van der Waals surface area contributed by atoms with Crippen LogP contribution in [0.1, 0.15) is 37.6 Å². The van der Waals surface area contributed by atoms with Crippen LogP contribution in [0, 0.1) is 0 Å². The Morgan fingerprint density at radius 3 is 2.80 bits per heavy atom. The molecule has 0 aromatic heterocycles. The number of anilines is 1. The van der Waals surface area contributed by atoms with Gasteiger partial charge in [-0.2, -0.15) is 0 Å². The molecule has 1 aliphatic heterocycles. The monoisotopic (exact) mass is 369 g/mol. The van der Waals surface area contributed by atoms with Crippen molar-refractivity contribution in [2.24, 2.45) is 0 Å². The van der Waals surface area contributed by atoms with Crippen LogP contribution in [0.4, 0.5) is 10.5 Å². The van der Waals surface area contributed by atoms with Crippen LogP contribution in [0.15, 0.2) is 18.2 Å². The number of hydrogen-bond acceptors (Lipinski definition) is 5. The average Bonchev–Trinajstić information content (AvgIpc) is 2.50. The maximum Gasteiger partial charge on any atom is 0.407 e. The molecule has 1 heterocycles. The summed E-state index contributed by atoms with van der Waals surface area (Å²) in [5.41, 5.74) is 0.479. The Hall–Kier alpha value is -1.99. The lowest BCUT2D eigenvalue weighted by Crippen LogP contribution is -2.58. The van der Waals surface area contributed by atoms with Crippen molar-refractivity contribution in [1.82, 2.24) is 10.6 Å². The summed E-state index contributed by atoms with van der Waals surface area (Å²) in [7, 11) is 0. The highest BCUT2D eigenvalue weighted by molar-refractivity contribution is 6.34. The average molecular weight is 370 g/mol. The predicted molar refractivity (Wildman–Crippen MR) is 96.0 cm³/mol. The first-order valence-electron chi connectivity index (χ1n) is 8.16. The van der Waals surface area contributed by atoms with E-state index >= 15 is 0 Å². The van der Waals surface area contributed by atoms with Gasteiger partial charge < -0.3 is 25.4 Å². The number of amides is 2. The molecular formula is C17H24ClN3O4. The van der Waals surface area contributed by atoms with Crippen LogP contribution in [0.5, 0.6) is 0 Å². The highest BCUT2D eigenvalue weighted by Gasteiger charge is 2.32. The number of carbonyl (C=O) groups is 2. The SMILES string of the molecule is CC(C)(C)OC(=O)NCC1NC(=O)c2c(Cl)cccc2N1CCCO. The van der Waals surface area contributed by atoms with Crippen LogP contribution in [0.2, 0.25) is 5.02 Å². The molecule has 3 N–H and O–H groups in total. The van der Waals surface area contributed by atoms with Crippen LogP contribution >= 0.6 is 11.6 Å². The molecule has 0 fully saturated rings. The van der Waals surface area contributed by atoms with E-state index in [9.17, 15) is 9.59 Å². The van der Waals surface area contributed by atoms with Gasteiger partial charge in [-0.05, 0) is 39.3 Å². The number of halogens is 1. The first-order valence-corrected chi connectivity index (χ1v) is 8.54. The molecule has 0 bridgehead atoms. The van der Waals surface area contributed by atoms with Crippen LogP contribution in [0.3, 0.4) is 0 Å². The fraction of sp³-hybridized carbons (Fsp3) is 0.529. The van der Waals surface area contributed by atoms with E-state index in [0.717, 1.165) is 0 Å². The first-order chi connectivity index (χ1) is 11.7. The van der Waals surface area contributed by atoms with Crippen molar-refractivity contribution in [2.45, 2.75) is 39.0 Å². The molecule has 2 amide bonds. The lowest BCUT2D eigenvalue weighted by molar-refractivity contribution is 0.0518. The number of fused-ring (bicyclic) bond motifs is 1. The quantitative estimate of drug-likeness (QED) is 0.739. The molecule has 138 valence electrons. The maximum absolute atomic E-state index is 12.4. The molecule has 7 nitrogen and oxygen atoms in total. The van der Waals surface area contributed by atoms with E-state index in [1.807, 2.05) is 4.90 Å². The standard InChI is InChI=1S/C17H24ClN3O4/c1-17(2,3)25-16(24)19-10-13-20-15(23)14-11(18)6-4-7-12(14)21(13)8-5-9-22/h4,6-7,13,22H,5,8-10H2,1-3H3,(H,19,24)(H,20,23). The lowest BCUT2D eigenvalue weighted by Gasteiger charge is -2.39. The second kappa shape index (κ2) is 7.93. The minimum Gasteiger partial charge on any atom is -0.444 e. The number of benzene rings is 1. The minimum atomic E-state index is -0.601. The van der Waals surface area contributed by atoms with E-state index in [1.54, 1.807) is 39.0 Å². The smallest absolute Gasteiger partial charge is 0.407 e. The van der Waals surface area contributed by atoms with Gasteiger partial charge in [-0.25, -0.2) is 4.79 Å². The Labute approximate surface area is 152 Å². The van der Waals surface area contributed by atoms with Gasteiger partial charge in [0.05, 0.1) is 22.8 Å². The minimum absolute atomic E-state index is 0.0204. The Morgan fingerprint density at radius 1 is 1.44 bits per heavy atom. The van der Waals surface area contributed by atoms with E-state index in [4.69, 9.17) is 21.4 Å². The van der Waals surface area contributed by atoms with Gasteiger partial charge in [0, 0.05) is 13.2 Å². The Kier molecular flexibility index (Phi) is 6.13. The highest BCUT2D eigenvalue weighted by Crippen LogP contribution is 2.31. The van der Waals surface area contributed by atoms with E-state index in [0.29, 0.717) is 29.2 Å². The summed E-state index contributed by atoms with van der Waals surface area (Å²) in [6.07, 6.45) is -0.497. The summed E-state index contributed by atoms with van der Waals surface area (Å²) in [6.45, 7) is 6.03. The second-order valence-electron chi connectivity index (χ2n) is 6.78. The zero-order valence-corrected chi connectivity index (χ0v) is 15.4. The molecule has 1 aromatic rings. The molecule has 1 aliphatic rings. The van der Waals surface area contributed by atoms with Gasteiger partial charge in [-0.3, -0.25) is 4.79 Å². The molecule has 0 spiro atoms. The normalized spacial score (nSPS) is 16.9. The van der Waals surface area contributed by atoms with E-state index in [1.165, 1.54) is 0 Å². The van der Waals surface area contributed by atoms with E-state index in [2.05, 4.69) is 10.6 Å². The van der Waals surface area contributed by atoms with Gasteiger partial charge in [0.2, 0.25) is 0 Å². The highest BCUT2D eigenvalue weighted by atomic mass is 35.5. The summed E-state index contributed by atoms with van der Waals surface area (Å²) in [5, 5.41) is 15.0. The molecule has 0 radical (unpaired) electrons. The number of nitrogens with zero attached hydrogens (tertiary/aromatic N) is 1. The molecular weight excluding hydrogens is 346 g/mol. The molecule has 1 aromatic carbocycles. The molecule has 0 aliphatic carbocycles. The zero-order valence-electron chi connectivity index (χ0n) is 14.6. The van der Waals surface area contributed by atoms with Gasteiger partial charge >= 0.3 is 6.09 Å². The molecule has 1 unspecified atom stereocenters. The van der Waals surface area contributed by atoms with Crippen molar-refractivity contribution in [3.63, 3.8) is 0 Å². The second-order valence-corrected chi connectivity index (χ2v) is 7.18. The summed E-state index contributed by atoms with van der Waals surface area (Å²) < 4.78 is 5.22. The fourth-order valence-electron chi connectivity index (χ4n) is 2.62. The third-order valence-corrected chi connectivity index (χ3v) is 3.91. The van der Waals surface area contributed by atoms with Crippen LogP contribution in [-0.2, 0) is 4.74 Å². The van der Waals surface area contributed by atoms with Crippen LogP contribution in [0.25, 0.3) is 0 Å². The van der Waals surface area contributed by atoms with Crippen molar-refractivity contribution in [1.29, 1.82) is 0 Å². The van der Waals surface area contributed by atoms with Gasteiger partial charge in [-0.15, -0.1) is 0 Å². The molecule has 25 heavy (non-hydrogen) atoms. The number of aliphatic hydroxyl groups is 1. The summed E-state index contributed by atoms with van der Waals surface area (Å²) >= 11 is 6.16. The summed E-state index contributed by atoms with van der Waals surface area (Å²) in [5.74, 6) is -0.295. The Morgan fingerprint density at radius 2 is 2.16 bits per heavy atom. The predicted octanol–water partition coefficient (Wildman–Crippen LogP) is 2.12. The zero-order chi connectivity index (χ0) is 18.6. The third-order valence-electron chi connectivity index (χ3n) is 3.60. The molecule has 0 saturated carbocycles. The van der Waals surface area contributed by atoms with Crippen molar-refractivity contribution < 1.29 is 19.4 Å². The molecule has 1 atom stereocenters. The maximum atomic E-state index is 12.4. The number of rotatable bonds is 5. The lowest BCUT2D eigenvalue weighted by atomic mass is 10.1. The van der Waals surface area contributed by atoms with Crippen molar-refractivity contribution >= 4 is 29.3 Å². The fourth-order valence-corrected chi connectivity index (χ4v) is 2.87. The first kappa shape index (κ1) is 19.3. The number of nitrogens with one attached hydrogen (secondary N) is 2. The Balaban J connectivity index is 2.16. The largest absolute Gasteiger partial charge is 0.444 e. The topological polar surface area (TPSA) is 90.9 Å². The van der Waals surface area contributed by atoms with Crippen molar-refractivity contribution in [3.8, 4) is 0 Å². The number of aliphatic hydroxyl groups excluding tert-OH is 1. The van der Waals surface area contributed by atoms with E-state index in [-0.39, 0.29) is 19.1 Å². The molecule has 8 heteroatoms. The number of ether oxygens (including phenoxy) is 1. The molecule has 2 rings (SSSR count).